The quantitative estimate of drug-likeness (QED) is 0.618. The molecule has 0 saturated carbocycles. The molecule has 0 fully saturated rings. The van der Waals surface area contributed by atoms with Crippen LogP contribution in [0.4, 0.5) is 17.1 Å². The highest BCUT2D eigenvalue weighted by Gasteiger charge is 2.30. The van der Waals surface area contributed by atoms with Crippen molar-refractivity contribution in [2.24, 2.45) is 0 Å². The Morgan fingerprint density at radius 2 is 1.77 bits per heavy atom. The molecule has 0 spiro atoms. The third-order valence-electron chi connectivity index (χ3n) is 5.61. The van der Waals surface area contributed by atoms with Crippen LogP contribution in [0.25, 0.3) is 0 Å². The van der Waals surface area contributed by atoms with Crippen LogP contribution < -0.4 is 15.5 Å². The van der Waals surface area contributed by atoms with Crippen LogP contribution in [0.5, 0.6) is 0 Å². The molecule has 7 nitrogen and oxygen atoms in total. The van der Waals surface area contributed by atoms with E-state index in [0.717, 1.165) is 17.8 Å². The largest absolute Gasteiger partial charge is 0.384 e. The number of amides is 1. The molecule has 0 saturated heterocycles. The molecule has 2 N–H and O–H groups in total. The number of rotatable bonds is 9. The standard InChI is InChI=1S/C23H32N4O3S/c1-5-24-20-13-12-19(31(29,30)26(6-2)7-3)15-21(20)25-16-23(28)27-17(4)14-18-10-8-9-11-22(18)27/h8-13,15,17,24-25H,5-7,14,16H2,1-4H3/t17-/m1/s1. The molecule has 168 valence electrons. The van der Waals surface area contributed by atoms with Gasteiger partial charge in [0.15, 0.2) is 0 Å². The maximum absolute atomic E-state index is 13.1. The monoisotopic (exact) mass is 444 g/mol. The Morgan fingerprint density at radius 3 is 2.45 bits per heavy atom. The van der Waals surface area contributed by atoms with Crippen molar-refractivity contribution in [3.8, 4) is 0 Å². The number of anilines is 3. The highest BCUT2D eigenvalue weighted by molar-refractivity contribution is 7.89. The summed E-state index contributed by atoms with van der Waals surface area (Å²) in [7, 11) is -3.59. The lowest BCUT2D eigenvalue weighted by Gasteiger charge is -2.24. The molecule has 0 aromatic heterocycles. The first-order valence-corrected chi connectivity index (χ1v) is 12.3. The Labute approximate surface area is 185 Å². The second-order valence-corrected chi connectivity index (χ2v) is 9.56. The van der Waals surface area contributed by atoms with E-state index in [1.807, 2.05) is 50.8 Å². The first-order chi connectivity index (χ1) is 14.8. The first kappa shape index (κ1) is 23.1. The summed E-state index contributed by atoms with van der Waals surface area (Å²) in [5, 5.41) is 6.41. The predicted molar refractivity (Wildman–Crippen MR) is 126 cm³/mol. The number of hydrogen-bond acceptors (Lipinski definition) is 5. The predicted octanol–water partition coefficient (Wildman–Crippen LogP) is 3.54. The molecule has 0 radical (unpaired) electrons. The van der Waals surface area contributed by atoms with Gasteiger partial charge >= 0.3 is 0 Å². The van der Waals surface area contributed by atoms with Gasteiger partial charge in [0.25, 0.3) is 0 Å². The van der Waals surface area contributed by atoms with E-state index in [0.29, 0.717) is 25.3 Å². The van der Waals surface area contributed by atoms with Crippen molar-refractivity contribution in [1.29, 1.82) is 0 Å². The van der Waals surface area contributed by atoms with Crippen LogP contribution in [0.2, 0.25) is 0 Å². The van der Waals surface area contributed by atoms with Crippen LogP contribution in [0, 0.1) is 0 Å². The van der Waals surface area contributed by atoms with Crippen molar-refractivity contribution in [3.63, 3.8) is 0 Å². The summed E-state index contributed by atoms with van der Waals surface area (Å²) in [6.07, 6.45) is 0.835. The van der Waals surface area contributed by atoms with Gasteiger partial charge in [-0.15, -0.1) is 0 Å². The van der Waals surface area contributed by atoms with E-state index in [1.54, 1.807) is 18.2 Å². The number of carbonyl (C=O) groups excluding carboxylic acids is 1. The molecule has 1 aliphatic rings. The zero-order chi connectivity index (χ0) is 22.6. The van der Waals surface area contributed by atoms with Gasteiger partial charge in [0.2, 0.25) is 15.9 Å². The van der Waals surface area contributed by atoms with Gasteiger partial charge in [-0.1, -0.05) is 32.0 Å². The summed E-state index contributed by atoms with van der Waals surface area (Å²) in [6, 6.07) is 13.0. The van der Waals surface area contributed by atoms with Crippen LogP contribution >= 0.6 is 0 Å². The van der Waals surface area contributed by atoms with Crippen LogP contribution in [-0.2, 0) is 21.2 Å². The molecule has 1 heterocycles. The molecule has 0 unspecified atom stereocenters. The van der Waals surface area contributed by atoms with E-state index in [4.69, 9.17) is 0 Å². The minimum atomic E-state index is -3.59. The molecule has 3 rings (SSSR count). The molecular weight excluding hydrogens is 412 g/mol. The van der Waals surface area contributed by atoms with Gasteiger partial charge in [-0.3, -0.25) is 4.79 Å². The molecule has 31 heavy (non-hydrogen) atoms. The smallest absolute Gasteiger partial charge is 0.246 e. The molecule has 2 aromatic carbocycles. The van der Waals surface area contributed by atoms with Gasteiger partial charge in [-0.05, 0) is 50.1 Å². The van der Waals surface area contributed by atoms with Gasteiger partial charge in [-0.2, -0.15) is 4.31 Å². The lowest BCUT2D eigenvalue weighted by atomic mass is 10.1. The SMILES string of the molecule is CCNc1ccc(S(=O)(=O)N(CC)CC)cc1NCC(=O)N1c2ccccc2C[C@H]1C. The highest BCUT2D eigenvalue weighted by atomic mass is 32.2. The first-order valence-electron chi connectivity index (χ1n) is 10.8. The Bertz CT molecular complexity index is 1030. The zero-order valence-corrected chi connectivity index (χ0v) is 19.5. The van der Waals surface area contributed by atoms with Gasteiger partial charge in [0.05, 0.1) is 22.8 Å². The molecule has 1 atom stereocenters. The Hall–Kier alpha value is -2.58. The molecule has 1 aliphatic heterocycles. The number of benzene rings is 2. The summed E-state index contributed by atoms with van der Waals surface area (Å²) in [5.41, 5.74) is 3.49. The van der Waals surface area contributed by atoms with E-state index in [1.165, 1.54) is 9.87 Å². The number of nitrogens with one attached hydrogen (secondary N) is 2. The van der Waals surface area contributed by atoms with Gasteiger partial charge in [0, 0.05) is 31.4 Å². The fourth-order valence-electron chi connectivity index (χ4n) is 4.09. The van der Waals surface area contributed by atoms with Gasteiger partial charge in [0.1, 0.15) is 0 Å². The van der Waals surface area contributed by atoms with Crippen molar-refractivity contribution >= 4 is 33.0 Å². The number of hydrogen-bond donors (Lipinski definition) is 2. The molecule has 0 bridgehead atoms. The number of fused-ring (bicyclic) bond motifs is 1. The third kappa shape index (κ3) is 4.70. The van der Waals surface area contributed by atoms with E-state index in [9.17, 15) is 13.2 Å². The number of para-hydroxylation sites is 1. The average Bonchev–Trinajstić information content (AvgIpc) is 3.09. The molecule has 1 amide bonds. The van der Waals surface area contributed by atoms with Crippen molar-refractivity contribution in [3.05, 3.63) is 48.0 Å². The van der Waals surface area contributed by atoms with E-state index in [-0.39, 0.29) is 23.4 Å². The van der Waals surface area contributed by atoms with Crippen LogP contribution in [0.1, 0.15) is 33.3 Å². The van der Waals surface area contributed by atoms with Crippen molar-refractivity contribution in [2.45, 2.75) is 45.1 Å². The maximum Gasteiger partial charge on any atom is 0.246 e. The zero-order valence-electron chi connectivity index (χ0n) is 18.7. The van der Waals surface area contributed by atoms with Crippen LogP contribution in [0.15, 0.2) is 47.4 Å². The minimum Gasteiger partial charge on any atom is -0.384 e. The summed E-state index contributed by atoms with van der Waals surface area (Å²) >= 11 is 0. The molecule has 2 aromatic rings. The fourth-order valence-corrected chi connectivity index (χ4v) is 5.57. The summed E-state index contributed by atoms with van der Waals surface area (Å²) in [4.78, 5) is 15.1. The number of nitrogens with zero attached hydrogens (tertiary/aromatic N) is 2. The second kappa shape index (κ2) is 9.70. The van der Waals surface area contributed by atoms with Crippen molar-refractivity contribution < 1.29 is 13.2 Å². The Morgan fingerprint density at radius 1 is 1.06 bits per heavy atom. The fraction of sp³-hybridized carbons (Fsp3) is 0.435. The topological polar surface area (TPSA) is 81.8 Å². The van der Waals surface area contributed by atoms with Gasteiger partial charge in [-0.25, -0.2) is 8.42 Å². The molecule has 0 aliphatic carbocycles. The lowest BCUT2D eigenvalue weighted by molar-refractivity contribution is -0.117. The molecular formula is C23H32N4O3S. The van der Waals surface area contributed by atoms with Crippen LogP contribution in [-0.4, -0.2) is 50.9 Å². The van der Waals surface area contributed by atoms with Crippen molar-refractivity contribution in [1.82, 2.24) is 4.31 Å². The van der Waals surface area contributed by atoms with Crippen molar-refractivity contribution in [2.75, 3.05) is 41.7 Å². The summed E-state index contributed by atoms with van der Waals surface area (Å²) in [6.45, 7) is 9.22. The van der Waals surface area contributed by atoms with Gasteiger partial charge < -0.3 is 15.5 Å². The summed E-state index contributed by atoms with van der Waals surface area (Å²) in [5.74, 6) is -0.0445. The average molecular weight is 445 g/mol. The highest BCUT2D eigenvalue weighted by Crippen LogP contribution is 2.32. The van der Waals surface area contributed by atoms with E-state index < -0.39 is 10.0 Å². The Balaban J connectivity index is 1.84. The summed E-state index contributed by atoms with van der Waals surface area (Å²) < 4.78 is 27.3. The Kier molecular flexibility index (Phi) is 7.23. The lowest BCUT2D eigenvalue weighted by Crippen LogP contribution is -2.39. The number of sulfonamides is 1. The van der Waals surface area contributed by atoms with E-state index >= 15 is 0 Å². The van der Waals surface area contributed by atoms with Crippen LogP contribution in [0.3, 0.4) is 0 Å². The van der Waals surface area contributed by atoms with E-state index in [2.05, 4.69) is 16.7 Å². The maximum atomic E-state index is 13.1. The normalized spacial score (nSPS) is 15.8. The third-order valence-corrected chi connectivity index (χ3v) is 7.65. The second-order valence-electron chi connectivity index (χ2n) is 7.63. The molecule has 8 heteroatoms. The minimum absolute atomic E-state index is 0.0445. The number of carbonyl (C=O) groups is 1.